The van der Waals surface area contributed by atoms with E-state index in [4.69, 9.17) is 5.10 Å². The summed E-state index contributed by atoms with van der Waals surface area (Å²) in [4.78, 5) is 12.9. The zero-order valence-electron chi connectivity index (χ0n) is 14.1. The topological polar surface area (TPSA) is 46.9 Å². The zero-order valence-corrected chi connectivity index (χ0v) is 14.9. The molecule has 4 nitrogen and oxygen atoms in total. The number of carbonyl (C=O) groups is 1. The maximum Gasteiger partial charge on any atom is 0.230 e. The Balaban J connectivity index is 1.24. The van der Waals surface area contributed by atoms with Gasteiger partial charge in [-0.15, -0.1) is 11.8 Å². The standard InChI is InChI=1S/C19H22FN3OS/c20-15-5-7-16(8-6-15)25-12-19(24)21-9-10-23-18(14-3-4-14)11-17(22-23)13-1-2-13/h5-8,11,13-14H,1-4,9-10,12H2,(H,21,24). The van der Waals surface area contributed by atoms with Crippen molar-refractivity contribution in [3.05, 3.63) is 47.5 Å². The molecule has 1 aromatic heterocycles. The van der Waals surface area contributed by atoms with Crippen LogP contribution in [0.2, 0.25) is 0 Å². The molecule has 6 heteroatoms. The quantitative estimate of drug-likeness (QED) is 0.731. The van der Waals surface area contributed by atoms with E-state index in [-0.39, 0.29) is 11.7 Å². The van der Waals surface area contributed by atoms with Gasteiger partial charge in [-0.3, -0.25) is 9.48 Å². The maximum atomic E-state index is 12.9. The van der Waals surface area contributed by atoms with Crippen LogP contribution in [0.4, 0.5) is 4.39 Å². The predicted molar refractivity (Wildman–Crippen MR) is 96.3 cm³/mol. The SMILES string of the molecule is O=C(CSc1ccc(F)cc1)NCCn1nc(C2CC2)cc1C1CC1. The monoisotopic (exact) mass is 359 g/mol. The van der Waals surface area contributed by atoms with E-state index in [2.05, 4.69) is 16.1 Å². The summed E-state index contributed by atoms with van der Waals surface area (Å²) in [5.41, 5.74) is 2.58. The highest BCUT2D eigenvalue weighted by molar-refractivity contribution is 8.00. The van der Waals surface area contributed by atoms with Crippen LogP contribution >= 0.6 is 11.8 Å². The molecule has 0 bridgehead atoms. The molecule has 4 rings (SSSR count). The number of hydrogen-bond donors (Lipinski definition) is 1. The Labute approximate surface area is 151 Å². The van der Waals surface area contributed by atoms with Gasteiger partial charge in [-0.1, -0.05) is 0 Å². The molecule has 2 fully saturated rings. The Morgan fingerprint density at radius 1 is 1.20 bits per heavy atom. The molecular weight excluding hydrogens is 337 g/mol. The third kappa shape index (κ3) is 4.42. The minimum atomic E-state index is -0.259. The molecule has 2 aliphatic rings. The first-order valence-electron chi connectivity index (χ1n) is 8.92. The minimum absolute atomic E-state index is 0.00290. The summed E-state index contributed by atoms with van der Waals surface area (Å²) in [5, 5.41) is 7.72. The Bertz CT molecular complexity index is 751. The second-order valence-electron chi connectivity index (χ2n) is 6.86. The van der Waals surface area contributed by atoms with Gasteiger partial charge in [-0.05, 0) is 56.0 Å². The van der Waals surface area contributed by atoms with Gasteiger partial charge in [0.1, 0.15) is 5.82 Å². The highest BCUT2D eigenvalue weighted by Gasteiger charge is 2.32. The van der Waals surface area contributed by atoms with Crippen molar-refractivity contribution in [3.8, 4) is 0 Å². The van der Waals surface area contributed by atoms with E-state index in [0.717, 1.165) is 11.4 Å². The molecule has 0 saturated heterocycles. The van der Waals surface area contributed by atoms with Crippen LogP contribution in [-0.2, 0) is 11.3 Å². The van der Waals surface area contributed by atoms with Gasteiger partial charge in [0.05, 0.1) is 18.0 Å². The van der Waals surface area contributed by atoms with Gasteiger partial charge in [0.15, 0.2) is 0 Å². The average Bonchev–Trinajstić information content (AvgIpc) is 3.53. The van der Waals surface area contributed by atoms with Crippen molar-refractivity contribution >= 4 is 17.7 Å². The predicted octanol–water partition coefficient (Wildman–Crippen LogP) is 3.69. The third-order valence-corrected chi connectivity index (χ3v) is 5.66. The van der Waals surface area contributed by atoms with Crippen LogP contribution in [0.5, 0.6) is 0 Å². The van der Waals surface area contributed by atoms with Crippen LogP contribution in [0.1, 0.15) is 48.9 Å². The van der Waals surface area contributed by atoms with E-state index < -0.39 is 0 Å². The fourth-order valence-corrected chi connectivity index (χ4v) is 3.68. The van der Waals surface area contributed by atoms with E-state index in [1.54, 1.807) is 12.1 Å². The molecule has 0 unspecified atom stereocenters. The summed E-state index contributed by atoms with van der Waals surface area (Å²) < 4.78 is 15.0. The molecular formula is C19H22FN3OS. The summed E-state index contributed by atoms with van der Waals surface area (Å²) in [6, 6.07) is 8.49. The molecule has 1 amide bonds. The number of amides is 1. The fourth-order valence-electron chi connectivity index (χ4n) is 2.95. The largest absolute Gasteiger partial charge is 0.354 e. The van der Waals surface area contributed by atoms with Gasteiger partial charge in [0, 0.05) is 29.0 Å². The smallest absolute Gasteiger partial charge is 0.230 e. The number of aromatic nitrogens is 2. The minimum Gasteiger partial charge on any atom is -0.354 e. The first-order valence-corrected chi connectivity index (χ1v) is 9.90. The van der Waals surface area contributed by atoms with Crippen molar-refractivity contribution in [1.29, 1.82) is 0 Å². The lowest BCUT2D eigenvalue weighted by atomic mass is 10.2. The highest BCUT2D eigenvalue weighted by Crippen LogP contribution is 2.44. The Morgan fingerprint density at radius 2 is 1.92 bits per heavy atom. The second kappa shape index (κ2) is 7.20. The lowest BCUT2D eigenvalue weighted by Gasteiger charge is -2.08. The molecule has 2 aromatic rings. The van der Waals surface area contributed by atoms with Crippen LogP contribution in [0.3, 0.4) is 0 Å². The number of benzene rings is 1. The van der Waals surface area contributed by atoms with E-state index in [0.29, 0.717) is 24.1 Å². The number of rotatable bonds is 8. The van der Waals surface area contributed by atoms with Crippen LogP contribution in [-0.4, -0.2) is 28.0 Å². The highest BCUT2D eigenvalue weighted by atomic mass is 32.2. The van der Waals surface area contributed by atoms with E-state index in [1.165, 1.54) is 61.0 Å². The normalized spacial score (nSPS) is 16.8. The lowest BCUT2D eigenvalue weighted by Crippen LogP contribution is -2.29. The van der Waals surface area contributed by atoms with E-state index in [9.17, 15) is 9.18 Å². The summed E-state index contributed by atoms with van der Waals surface area (Å²) in [7, 11) is 0. The van der Waals surface area contributed by atoms with Gasteiger partial charge in [0.25, 0.3) is 0 Å². The van der Waals surface area contributed by atoms with Crippen molar-refractivity contribution in [2.45, 2.75) is 49.0 Å². The number of nitrogens with one attached hydrogen (secondary N) is 1. The number of carbonyl (C=O) groups excluding carboxylic acids is 1. The van der Waals surface area contributed by atoms with E-state index >= 15 is 0 Å². The fraction of sp³-hybridized carbons (Fsp3) is 0.474. The Hall–Kier alpha value is -1.82. The molecule has 25 heavy (non-hydrogen) atoms. The summed E-state index contributed by atoms with van der Waals surface area (Å²) in [6.45, 7) is 1.32. The summed E-state index contributed by atoms with van der Waals surface area (Å²) in [5.74, 6) is 1.42. The van der Waals surface area contributed by atoms with Crippen molar-refractivity contribution in [1.82, 2.24) is 15.1 Å². The molecule has 132 valence electrons. The molecule has 1 N–H and O–H groups in total. The van der Waals surface area contributed by atoms with Crippen LogP contribution < -0.4 is 5.32 Å². The van der Waals surface area contributed by atoms with Gasteiger partial charge in [-0.25, -0.2) is 4.39 Å². The van der Waals surface area contributed by atoms with Gasteiger partial charge in [-0.2, -0.15) is 5.10 Å². The lowest BCUT2D eigenvalue weighted by molar-refractivity contribution is -0.118. The molecule has 0 atom stereocenters. The second-order valence-corrected chi connectivity index (χ2v) is 7.91. The van der Waals surface area contributed by atoms with Crippen LogP contribution in [0.15, 0.2) is 35.2 Å². The summed E-state index contributed by atoms with van der Waals surface area (Å²) >= 11 is 1.42. The number of thioether (sulfide) groups is 1. The number of halogens is 1. The van der Waals surface area contributed by atoms with Gasteiger partial charge in [0.2, 0.25) is 5.91 Å². The number of hydrogen-bond acceptors (Lipinski definition) is 3. The molecule has 2 saturated carbocycles. The van der Waals surface area contributed by atoms with Gasteiger partial charge >= 0.3 is 0 Å². The molecule has 2 aliphatic carbocycles. The van der Waals surface area contributed by atoms with Crippen LogP contribution in [0, 0.1) is 5.82 Å². The first kappa shape index (κ1) is 16.6. The zero-order chi connectivity index (χ0) is 17.2. The van der Waals surface area contributed by atoms with Crippen molar-refractivity contribution in [2.75, 3.05) is 12.3 Å². The third-order valence-electron chi connectivity index (χ3n) is 4.65. The van der Waals surface area contributed by atoms with Crippen molar-refractivity contribution < 1.29 is 9.18 Å². The van der Waals surface area contributed by atoms with Crippen molar-refractivity contribution in [3.63, 3.8) is 0 Å². The Morgan fingerprint density at radius 3 is 2.60 bits per heavy atom. The molecule has 0 radical (unpaired) electrons. The average molecular weight is 359 g/mol. The van der Waals surface area contributed by atoms with Crippen molar-refractivity contribution in [2.24, 2.45) is 0 Å². The molecule has 1 aromatic carbocycles. The Kier molecular flexibility index (Phi) is 4.79. The van der Waals surface area contributed by atoms with Crippen LogP contribution in [0.25, 0.3) is 0 Å². The maximum absolute atomic E-state index is 12.9. The first-order chi connectivity index (χ1) is 12.2. The molecule has 0 aliphatic heterocycles. The summed E-state index contributed by atoms with van der Waals surface area (Å²) in [6.07, 6.45) is 5.05. The number of nitrogens with zero attached hydrogens (tertiary/aromatic N) is 2. The van der Waals surface area contributed by atoms with E-state index in [1.807, 2.05) is 0 Å². The molecule has 1 heterocycles. The van der Waals surface area contributed by atoms with Gasteiger partial charge < -0.3 is 5.32 Å². The molecule has 0 spiro atoms.